The average molecular weight is 252 g/mol. The predicted molar refractivity (Wildman–Crippen MR) is 72.1 cm³/mol. The fourth-order valence-corrected chi connectivity index (χ4v) is 6.56. The topological polar surface area (TPSA) is 40.5 Å². The minimum absolute atomic E-state index is 0.0556. The molecule has 0 heterocycles. The maximum Gasteiger partial charge on any atom is 0.0577 e. The Morgan fingerprint density at radius 1 is 0.889 bits per heavy atom. The molecular formula is C16H28O2. The van der Waals surface area contributed by atoms with Crippen LogP contribution in [-0.2, 0) is 0 Å². The van der Waals surface area contributed by atoms with Crippen molar-refractivity contribution in [2.45, 2.75) is 72.0 Å². The third-order valence-corrected chi connectivity index (χ3v) is 7.37. The quantitative estimate of drug-likeness (QED) is 0.793. The van der Waals surface area contributed by atoms with Crippen LogP contribution >= 0.6 is 0 Å². The van der Waals surface area contributed by atoms with E-state index in [9.17, 15) is 10.2 Å². The van der Waals surface area contributed by atoms with Crippen LogP contribution in [0.3, 0.4) is 0 Å². The van der Waals surface area contributed by atoms with Crippen LogP contribution in [-0.4, -0.2) is 22.4 Å². The van der Waals surface area contributed by atoms with Crippen LogP contribution in [0.25, 0.3) is 0 Å². The van der Waals surface area contributed by atoms with Gasteiger partial charge in [0.2, 0.25) is 0 Å². The highest BCUT2D eigenvalue weighted by molar-refractivity contribution is 5.19. The van der Waals surface area contributed by atoms with E-state index in [0.717, 1.165) is 24.7 Å². The van der Waals surface area contributed by atoms with Gasteiger partial charge in [0, 0.05) is 10.8 Å². The van der Waals surface area contributed by atoms with Crippen molar-refractivity contribution in [2.24, 2.45) is 28.1 Å². The van der Waals surface area contributed by atoms with E-state index in [1.165, 1.54) is 19.3 Å². The van der Waals surface area contributed by atoms with Gasteiger partial charge in [-0.15, -0.1) is 0 Å². The SMILES string of the molecule is CC(O)C12CC3CC(CC(C)(C3)C1(C)C(C)O)C2. The number of hydrogen-bond acceptors (Lipinski definition) is 2. The number of aliphatic hydroxyl groups is 2. The Balaban J connectivity index is 2.15. The molecule has 18 heavy (non-hydrogen) atoms. The molecule has 104 valence electrons. The number of rotatable bonds is 2. The summed E-state index contributed by atoms with van der Waals surface area (Å²) < 4.78 is 0. The molecule has 4 bridgehead atoms. The minimum atomic E-state index is -0.336. The lowest BCUT2D eigenvalue weighted by molar-refractivity contribution is -0.280. The molecule has 4 saturated carbocycles. The van der Waals surface area contributed by atoms with Crippen LogP contribution in [0.2, 0.25) is 0 Å². The molecule has 0 aromatic carbocycles. The van der Waals surface area contributed by atoms with Crippen LogP contribution in [0.1, 0.15) is 59.8 Å². The zero-order valence-corrected chi connectivity index (χ0v) is 12.2. The molecule has 0 spiro atoms. The highest BCUT2D eigenvalue weighted by Gasteiger charge is 2.70. The van der Waals surface area contributed by atoms with Crippen molar-refractivity contribution in [3.8, 4) is 0 Å². The van der Waals surface area contributed by atoms with Crippen molar-refractivity contribution in [2.75, 3.05) is 0 Å². The van der Waals surface area contributed by atoms with Crippen molar-refractivity contribution >= 4 is 0 Å². The highest BCUT2D eigenvalue weighted by atomic mass is 16.3. The summed E-state index contributed by atoms with van der Waals surface area (Å²) in [4.78, 5) is 0. The number of hydrogen-bond donors (Lipinski definition) is 2. The lowest BCUT2D eigenvalue weighted by atomic mass is 9.32. The van der Waals surface area contributed by atoms with E-state index < -0.39 is 0 Å². The Morgan fingerprint density at radius 3 is 1.78 bits per heavy atom. The molecule has 4 aliphatic rings. The molecule has 4 fully saturated rings. The van der Waals surface area contributed by atoms with Crippen molar-refractivity contribution in [3.63, 3.8) is 0 Å². The van der Waals surface area contributed by atoms with Crippen LogP contribution < -0.4 is 0 Å². The van der Waals surface area contributed by atoms with E-state index in [1.54, 1.807) is 0 Å². The molecule has 0 aromatic heterocycles. The van der Waals surface area contributed by atoms with Crippen LogP contribution in [0.4, 0.5) is 0 Å². The molecule has 0 aromatic rings. The molecule has 2 N–H and O–H groups in total. The van der Waals surface area contributed by atoms with Crippen LogP contribution in [0, 0.1) is 28.1 Å². The normalized spacial score (nSPS) is 57.7. The van der Waals surface area contributed by atoms with E-state index in [2.05, 4.69) is 13.8 Å². The third-order valence-electron chi connectivity index (χ3n) is 7.37. The second-order valence-electron chi connectivity index (χ2n) is 8.06. The maximum absolute atomic E-state index is 10.5. The van der Waals surface area contributed by atoms with E-state index in [0.29, 0.717) is 0 Å². The first kappa shape index (κ1) is 12.9. The van der Waals surface area contributed by atoms with Gasteiger partial charge in [-0.3, -0.25) is 0 Å². The van der Waals surface area contributed by atoms with Crippen molar-refractivity contribution in [3.05, 3.63) is 0 Å². The second-order valence-corrected chi connectivity index (χ2v) is 8.06. The Morgan fingerprint density at radius 2 is 1.39 bits per heavy atom. The second kappa shape index (κ2) is 3.52. The van der Waals surface area contributed by atoms with Gasteiger partial charge in [0.1, 0.15) is 0 Å². The zero-order chi connectivity index (χ0) is 13.3. The summed E-state index contributed by atoms with van der Waals surface area (Å²) in [5.41, 5.74) is 0.0177. The fraction of sp³-hybridized carbons (Fsp3) is 1.00. The molecule has 5 unspecified atom stereocenters. The molecule has 0 radical (unpaired) electrons. The first-order chi connectivity index (χ1) is 8.25. The van der Waals surface area contributed by atoms with E-state index >= 15 is 0 Å². The molecule has 0 aliphatic heterocycles. The lowest BCUT2D eigenvalue weighted by Gasteiger charge is -2.73. The van der Waals surface area contributed by atoms with Crippen molar-refractivity contribution in [1.82, 2.24) is 0 Å². The van der Waals surface area contributed by atoms with Gasteiger partial charge in [0.15, 0.2) is 0 Å². The summed E-state index contributed by atoms with van der Waals surface area (Å²) in [6.45, 7) is 8.52. The molecule has 2 nitrogen and oxygen atoms in total. The predicted octanol–water partition coefficient (Wildman–Crippen LogP) is 2.97. The fourth-order valence-electron chi connectivity index (χ4n) is 6.56. The average Bonchev–Trinajstić information content (AvgIpc) is 2.23. The van der Waals surface area contributed by atoms with Crippen LogP contribution in [0.15, 0.2) is 0 Å². The summed E-state index contributed by atoms with van der Waals surface area (Å²) >= 11 is 0. The molecule has 0 amide bonds. The van der Waals surface area contributed by atoms with Gasteiger partial charge in [0.25, 0.3) is 0 Å². The van der Waals surface area contributed by atoms with Crippen molar-refractivity contribution < 1.29 is 10.2 Å². The Kier molecular flexibility index (Phi) is 2.53. The molecule has 2 heteroatoms. The van der Waals surface area contributed by atoms with E-state index in [-0.39, 0.29) is 28.5 Å². The Bertz CT molecular complexity index is 346. The van der Waals surface area contributed by atoms with Crippen LogP contribution in [0.5, 0.6) is 0 Å². The van der Waals surface area contributed by atoms with Gasteiger partial charge in [0.05, 0.1) is 12.2 Å². The minimum Gasteiger partial charge on any atom is -0.393 e. The zero-order valence-electron chi connectivity index (χ0n) is 12.2. The molecule has 0 saturated heterocycles. The Hall–Kier alpha value is -0.0800. The Labute approximate surface area is 111 Å². The third kappa shape index (κ3) is 1.22. The summed E-state index contributed by atoms with van der Waals surface area (Å²) in [7, 11) is 0. The standard InChI is InChI=1S/C16H28O2/c1-10(17)15(4)14(3)6-12-5-13(7-14)9-16(15,8-12)11(2)18/h10-13,17-18H,5-9H2,1-4H3. The summed E-state index contributed by atoms with van der Waals surface area (Å²) in [5.74, 6) is 1.56. The first-order valence-electron chi connectivity index (χ1n) is 7.61. The molecule has 4 rings (SSSR count). The largest absolute Gasteiger partial charge is 0.393 e. The van der Waals surface area contributed by atoms with Gasteiger partial charge in [-0.2, -0.15) is 0 Å². The van der Waals surface area contributed by atoms with Gasteiger partial charge >= 0.3 is 0 Å². The van der Waals surface area contributed by atoms with Gasteiger partial charge in [-0.1, -0.05) is 13.8 Å². The lowest BCUT2D eigenvalue weighted by Crippen LogP contribution is -2.69. The molecule has 5 atom stereocenters. The van der Waals surface area contributed by atoms with E-state index in [1.807, 2.05) is 13.8 Å². The number of aliphatic hydroxyl groups excluding tert-OH is 2. The van der Waals surface area contributed by atoms with Gasteiger partial charge in [-0.05, 0) is 63.2 Å². The highest BCUT2D eigenvalue weighted by Crippen LogP contribution is 2.75. The maximum atomic E-state index is 10.5. The van der Waals surface area contributed by atoms with E-state index in [4.69, 9.17) is 0 Å². The molecular weight excluding hydrogens is 224 g/mol. The monoisotopic (exact) mass is 252 g/mol. The molecule has 4 aliphatic carbocycles. The van der Waals surface area contributed by atoms with Gasteiger partial charge in [-0.25, -0.2) is 0 Å². The summed E-state index contributed by atoms with van der Waals surface area (Å²) in [6.07, 6.45) is 5.47. The van der Waals surface area contributed by atoms with Gasteiger partial charge < -0.3 is 10.2 Å². The first-order valence-corrected chi connectivity index (χ1v) is 7.61. The summed E-state index contributed by atoms with van der Waals surface area (Å²) in [5, 5.41) is 21.0. The van der Waals surface area contributed by atoms with Crippen molar-refractivity contribution in [1.29, 1.82) is 0 Å². The smallest absolute Gasteiger partial charge is 0.0577 e. The summed E-state index contributed by atoms with van der Waals surface area (Å²) in [6, 6.07) is 0.